The summed E-state index contributed by atoms with van der Waals surface area (Å²) in [5.41, 5.74) is 1.87. The number of amides is 3. The van der Waals surface area contributed by atoms with Crippen molar-refractivity contribution in [3.8, 4) is 0 Å². The lowest BCUT2D eigenvalue weighted by Gasteiger charge is -2.34. The lowest BCUT2D eigenvalue weighted by molar-refractivity contribution is 0.0698. The number of hydrogen-bond donors (Lipinski definition) is 1. The van der Waals surface area contributed by atoms with Crippen LogP contribution in [0.4, 0.5) is 10.5 Å². The maximum atomic E-state index is 13.1. The Labute approximate surface area is 211 Å². The summed E-state index contributed by atoms with van der Waals surface area (Å²) in [6.45, 7) is 1.34. The number of nitrogens with one attached hydrogen (secondary N) is 1. The second-order valence-corrected chi connectivity index (χ2v) is 13.5. The van der Waals surface area contributed by atoms with Gasteiger partial charge >= 0.3 is 6.03 Å². The SMILES string of the molecule is CN(C)S(=O)(=O)c1ccc2c(c1)CCN2C(=O)NC1CCCN(C(=O)c2ccc(S(C)(=O)=O)cc2)C1. The van der Waals surface area contributed by atoms with Crippen LogP contribution in [0.2, 0.25) is 0 Å². The van der Waals surface area contributed by atoms with Crippen molar-refractivity contribution in [3.63, 3.8) is 0 Å². The van der Waals surface area contributed by atoms with Gasteiger partial charge in [0.2, 0.25) is 10.0 Å². The fourth-order valence-electron chi connectivity index (χ4n) is 4.52. The smallest absolute Gasteiger partial charge is 0.322 e. The van der Waals surface area contributed by atoms with E-state index in [1.165, 1.54) is 44.4 Å². The van der Waals surface area contributed by atoms with Crippen LogP contribution in [0.25, 0.3) is 0 Å². The molecule has 194 valence electrons. The molecule has 10 nitrogen and oxygen atoms in total. The van der Waals surface area contributed by atoms with E-state index in [0.29, 0.717) is 37.3 Å². The van der Waals surface area contributed by atoms with Crippen molar-refractivity contribution in [3.05, 3.63) is 53.6 Å². The highest BCUT2D eigenvalue weighted by atomic mass is 32.2. The van der Waals surface area contributed by atoms with Gasteiger partial charge in [-0.25, -0.2) is 25.9 Å². The number of likely N-dealkylation sites (tertiary alicyclic amines) is 1. The molecule has 2 heterocycles. The van der Waals surface area contributed by atoms with Gasteiger partial charge in [-0.05, 0) is 67.3 Å². The van der Waals surface area contributed by atoms with E-state index in [-0.39, 0.29) is 27.8 Å². The summed E-state index contributed by atoms with van der Waals surface area (Å²) in [4.78, 5) is 29.7. The fraction of sp³-hybridized carbons (Fsp3) is 0.417. The molecule has 12 heteroatoms. The Hall–Kier alpha value is -2.96. The Morgan fingerprint density at radius 2 is 1.64 bits per heavy atom. The van der Waals surface area contributed by atoms with E-state index in [0.717, 1.165) is 29.0 Å². The lowest BCUT2D eigenvalue weighted by atomic mass is 10.0. The van der Waals surface area contributed by atoms with Crippen molar-refractivity contribution in [2.24, 2.45) is 0 Å². The van der Waals surface area contributed by atoms with Gasteiger partial charge in [-0.1, -0.05) is 0 Å². The number of rotatable bonds is 5. The molecule has 0 bridgehead atoms. The maximum Gasteiger partial charge on any atom is 0.322 e. The number of carbonyl (C=O) groups is 2. The number of anilines is 1. The third kappa shape index (κ3) is 5.25. The van der Waals surface area contributed by atoms with E-state index in [9.17, 15) is 26.4 Å². The first-order chi connectivity index (χ1) is 16.9. The van der Waals surface area contributed by atoms with E-state index >= 15 is 0 Å². The summed E-state index contributed by atoms with van der Waals surface area (Å²) in [5.74, 6) is -0.213. The molecule has 3 amide bonds. The van der Waals surface area contributed by atoms with Crippen LogP contribution in [0.5, 0.6) is 0 Å². The zero-order valence-corrected chi connectivity index (χ0v) is 22.1. The largest absolute Gasteiger partial charge is 0.337 e. The maximum absolute atomic E-state index is 13.1. The fourth-order valence-corrected chi connectivity index (χ4v) is 6.10. The van der Waals surface area contributed by atoms with Gasteiger partial charge in [-0.3, -0.25) is 9.69 Å². The topological polar surface area (TPSA) is 124 Å². The monoisotopic (exact) mass is 534 g/mol. The van der Waals surface area contributed by atoms with Crippen LogP contribution >= 0.6 is 0 Å². The van der Waals surface area contributed by atoms with Gasteiger partial charge in [0.05, 0.1) is 9.79 Å². The van der Waals surface area contributed by atoms with Crippen LogP contribution in [-0.2, 0) is 26.3 Å². The summed E-state index contributed by atoms with van der Waals surface area (Å²) in [6, 6.07) is 10.1. The molecule has 2 aliphatic heterocycles. The number of sulfone groups is 1. The third-order valence-corrected chi connectivity index (χ3v) is 9.48. The number of benzene rings is 2. The molecule has 2 aromatic carbocycles. The minimum Gasteiger partial charge on any atom is -0.337 e. The van der Waals surface area contributed by atoms with Crippen molar-refractivity contribution in [1.29, 1.82) is 0 Å². The van der Waals surface area contributed by atoms with Crippen LogP contribution in [0.1, 0.15) is 28.8 Å². The van der Waals surface area contributed by atoms with E-state index in [1.807, 2.05) is 0 Å². The molecule has 2 aromatic rings. The molecule has 0 radical (unpaired) electrons. The zero-order valence-electron chi connectivity index (χ0n) is 20.5. The molecule has 1 saturated heterocycles. The molecule has 1 fully saturated rings. The van der Waals surface area contributed by atoms with Crippen molar-refractivity contribution >= 4 is 37.5 Å². The standard InChI is InChI=1S/C24H30N4O6S2/c1-26(2)36(33,34)21-10-11-22-18(15-21)12-14-28(22)24(30)25-19-5-4-13-27(16-19)23(29)17-6-8-20(9-7-17)35(3,31)32/h6-11,15,19H,4-5,12-14,16H2,1-3H3,(H,25,30). The first kappa shape index (κ1) is 26.1. The predicted octanol–water partition coefficient (Wildman–Crippen LogP) is 1.72. The molecule has 0 aromatic heterocycles. The normalized spacial score (nSPS) is 18.3. The number of carbonyl (C=O) groups excluding carboxylic acids is 2. The van der Waals surface area contributed by atoms with Crippen molar-refractivity contribution < 1.29 is 26.4 Å². The number of nitrogens with zero attached hydrogens (tertiary/aromatic N) is 3. The van der Waals surface area contributed by atoms with Crippen LogP contribution in [0.15, 0.2) is 52.3 Å². The minimum atomic E-state index is -3.56. The molecule has 1 N–H and O–H groups in total. The van der Waals surface area contributed by atoms with Crippen molar-refractivity contribution in [2.45, 2.75) is 35.1 Å². The van der Waals surface area contributed by atoms with Crippen molar-refractivity contribution in [2.75, 3.05) is 44.9 Å². The Bertz CT molecular complexity index is 1390. The van der Waals surface area contributed by atoms with E-state index in [1.54, 1.807) is 21.9 Å². The van der Waals surface area contributed by atoms with E-state index in [4.69, 9.17) is 0 Å². The number of sulfonamides is 1. The third-order valence-electron chi connectivity index (χ3n) is 6.54. The summed E-state index contributed by atoms with van der Waals surface area (Å²) in [7, 11) is -3.95. The van der Waals surface area contributed by atoms with Gasteiger partial charge in [0.25, 0.3) is 5.91 Å². The van der Waals surface area contributed by atoms with Crippen LogP contribution in [-0.4, -0.2) is 84.0 Å². The second-order valence-electron chi connectivity index (χ2n) is 9.32. The molecule has 1 unspecified atom stereocenters. The molecule has 0 saturated carbocycles. The van der Waals surface area contributed by atoms with Gasteiger partial charge in [-0.15, -0.1) is 0 Å². The Balaban J connectivity index is 1.41. The summed E-state index contributed by atoms with van der Waals surface area (Å²) >= 11 is 0. The van der Waals surface area contributed by atoms with E-state index < -0.39 is 19.9 Å². The highest BCUT2D eigenvalue weighted by molar-refractivity contribution is 7.90. The summed E-state index contributed by atoms with van der Waals surface area (Å²) < 4.78 is 49.4. The molecule has 0 aliphatic carbocycles. The Kier molecular flexibility index (Phi) is 7.13. The minimum absolute atomic E-state index is 0.153. The van der Waals surface area contributed by atoms with Gasteiger partial charge in [0, 0.05) is 57.3 Å². The van der Waals surface area contributed by atoms with Gasteiger partial charge in [-0.2, -0.15) is 0 Å². The first-order valence-corrected chi connectivity index (χ1v) is 14.9. The molecule has 2 aliphatic rings. The predicted molar refractivity (Wildman–Crippen MR) is 135 cm³/mol. The van der Waals surface area contributed by atoms with Gasteiger partial charge < -0.3 is 10.2 Å². The van der Waals surface area contributed by atoms with Crippen LogP contribution < -0.4 is 10.2 Å². The van der Waals surface area contributed by atoms with Gasteiger partial charge in [0.15, 0.2) is 9.84 Å². The Morgan fingerprint density at radius 1 is 0.972 bits per heavy atom. The molecule has 1 atom stereocenters. The quantitative estimate of drug-likeness (QED) is 0.623. The lowest BCUT2D eigenvalue weighted by Crippen LogP contribution is -2.52. The average Bonchev–Trinajstić information content (AvgIpc) is 3.27. The molecule has 4 rings (SSSR count). The summed E-state index contributed by atoms with van der Waals surface area (Å²) in [5, 5.41) is 3.02. The Morgan fingerprint density at radius 3 is 2.28 bits per heavy atom. The van der Waals surface area contributed by atoms with E-state index in [2.05, 4.69) is 5.32 Å². The number of piperidine rings is 1. The zero-order chi connectivity index (χ0) is 26.3. The molecule has 36 heavy (non-hydrogen) atoms. The number of hydrogen-bond acceptors (Lipinski definition) is 6. The first-order valence-electron chi connectivity index (χ1n) is 11.6. The summed E-state index contributed by atoms with van der Waals surface area (Å²) in [6.07, 6.45) is 3.12. The van der Waals surface area contributed by atoms with Crippen LogP contribution in [0.3, 0.4) is 0 Å². The number of urea groups is 1. The van der Waals surface area contributed by atoms with Gasteiger partial charge in [0.1, 0.15) is 0 Å². The average molecular weight is 535 g/mol. The van der Waals surface area contributed by atoms with Crippen molar-refractivity contribution in [1.82, 2.24) is 14.5 Å². The molecular formula is C24H30N4O6S2. The highest BCUT2D eigenvalue weighted by Crippen LogP contribution is 2.31. The number of fused-ring (bicyclic) bond motifs is 1. The highest BCUT2D eigenvalue weighted by Gasteiger charge is 2.31. The van der Waals surface area contributed by atoms with Crippen LogP contribution in [0, 0.1) is 0 Å². The molecular weight excluding hydrogens is 504 g/mol. The second kappa shape index (κ2) is 9.83. The molecule has 0 spiro atoms.